The molecule has 11 heteroatoms. The minimum Gasteiger partial charge on any atom is -0.494 e. The van der Waals surface area contributed by atoms with Gasteiger partial charge in [0, 0.05) is 28.9 Å². The first-order valence-electron chi connectivity index (χ1n) is 15.8. The van der Waals surface area contributed by atoms with Crippen molar-refractivity contribution >= 4 is 50.9 Å². The van der Waals surface area contributed by atoms with E-state index in [4.69, 9.17) is 16.3 Å². The lowest BCUT2D eigenvalue weighted by Crippen LogP contribution is -2.54. The lowest BCUT2D eigenvalue weighted by molar-refractivity contribution is -0.140. The number of nitrogens with one attached hydrogen (secondary N) is 1. The van der Waals surface area contributed by atoms with Crippen LogP contribution in [-0.2, 0) is 32.6 Å². The first-order valence-corrected chi connectivity index (χ1v) is 18.9. The molecule has 4 aromatic carbocycles. The molecular weight excluding hydrogens is 666 g/mol. The maximum atomic E-state index is 14.6. The Balaban J connectivity index is 1.80. The molecule has 0 fully saturated rings. The van der Waals surface area contributed by atoms with Crippen molar-refractivity contribution < 1.29 is 22.7 Å². The number of rotatable bonds is 16. The van der Waals surface area contributed by atoms with Crippen molar-refractivity contribution in [2.75, 3.05) is 23.7 Å². The van der Waals surface area contributed by atoms with Gasteiger partial charge in [-0.2, -0.15) is 0 Å². The largest absolute Gasteiger partial charge is 0.494 e. The number of anilines is 1. The Labute approximate surface area is 293 Å². The van der Waals surface area contributed by atoms with E-state index in [2.05, 4.69) is 5.32 Å². The van der Waals surface area contributed by atoms with Crippen LogP contribution in [0.4, 0.5) is 5.69 Å². The summed E-state index contributed by atoms with van der Waals surface area (Å²) in [6, 6.07) is 28.6. The summed E-state index contributed by atoms with van der Waals surface area (Å²) >= 11 is 7.67. The molecule has 1 N–H and O–H groups in total. The highest BCUT2D eigenvalue weighted by atomic mass is 35.5. The van der Waals surface area contributed by atoms with E-state index in [0.717, 1.165) is 20.3 Å². The minimum absolute atomic E-state index is 0.0431. The first kappa shape index (κ1) is 36.8. The summed E-state index contributed by atoms with van der Waals surface area (Å²) in [5.41, 5.74) is 1.89. The van der Waals surface area contributed by atoms with Gasteiger partial charge >= 0.3 is 0 Å². The number of halogens is 1. The van der Waals surface area contributed by atoms with Gasteiger partial charge in [-0.15, -0.1) is 11.8 Å². The fraction of sp³-hybridized carbons (Fsp3) is 0.297. The lowest BCUT2D eigenvalue weighted by atomic mass is 10.0. The van der Waals surface area contributed by atoms with Gasteiger partial charge in [-0.3, -0.25) is 13.9 Å². The zero-order valence-corrected chi connectivity index (χ0v) is 30.0. The summed E-state index contributed by atoms with van der Waals surface area (Å²) in [6.07, 6.45) is 2.84. The standard InChI is InChI=1S/C37H42ClN3O5S2/c1-5-27(3)39-37(43)35(24-28-10-8-7-9-11-28)40(25-29-12-14-30(38)15-13-29)36(42)26-41(31-16-18-32(19-17-31)46-6-2)48(44,45)34-22-20-33(47-4)21-23-34/h7-23,27,35H,5-6,24-26H2,1-4H3,(H,39,43)/t27-,35-/m0/s1. The number of benzene rings is 4. The van der Waals surface area contributed by atoms with Crippen molar-refractivity contribution in [1.82, 2.24) is 10.2 Å². The van der Waals surface area contributed by atoms with E-state index in [9.17, 15) is 18.0 Å². The number of ether oxygens (including phenoxy) is 1. The molecule has 0 aliphatic rings. The number of carbonyl (C=O) groups excluding carboxylic acids is 2. The predicted octanol–water partition coefficient (Wildman–Crippen LogP) is 7.21. The number of carbonyl (C=O) groups is 2. The van der Waals surface area contributed by atoms with Gasteiger partial charge in [-0.25, -0.2) is 8.42 Å². The number of hydrogen-bond acceptors (Lipinski definition) is 6. The monoisotopic (exact) mass is 707 g/mol. The van der Waals surface area contributed by atoms with Crippen LogP contribution in [-0.4, -0.2) is 56.6 Å². The van der Waals surface area contributed by atoms with E-state index in [1.54, 1.807) is 60.7 Å². The Bertz CT molecular complexity index is 1740. The van der Waals surface area contributed by atoms with Crippen molar-refractivity contribution in [2.24, 2.45) is 0 Å². The highest BCUT2D eigenvalue weighted by Crippen LogP contribution is 2.28. The van der Waals surface area contributed by atoms with Crippen LogP contribution in [0.15, 0.2) is 113 Å². The molecule has 0 aliphatic heterocycles. The number of amides is 2. The molecule has 8 nitrogen and oxygen atoms in total. The van der Waals surface area contributed by atoms with E-state index in [1.807, 2.05) is 57.4 Å². The second-order valence-electron chi connectivity index (χ2n) is 11.3. The highest BCUT2D eigenvalue weighted by molar-refractivity contribution is 7.98. The summed E-state index contributed by atoms with van der Waals surface area (Å²) in [7, 11) is -4.22. The Hall–Kier alpha value is -3.99. The number of hydrogen-bond donors (Lipinski definition) is 1. The van der Waals surface area contributed by atoms with Gasteiger partial charge in [0.2, 0.25) is 11.8 Å². The summed E-state index contributed by atoms with van der Waals surface area (Å²) in [5.74, 6) is -0.287. The molecule has 254 valence electrons. The van der Waals surface area contributed by atoms with Crippen LogP contribution in [0, 0.1) is 0 Å². The molecule has 2 atom stereocenters. The predicted molar refractivity (Wildman–Crippen MR) is 194 cm³/mol. The molecule has 2 amide bonds. The molecule has 0 unspecified atom stereocenters. The second-order valence-corrected chi connectivity index (χ2v) is 14.5. The first-order chi connectivity index (χ1) is 23.0. The number of sulfonamides is 1. The van der Waals surface area contributed by atoms with Crippen molar-refractivity contribution in [1.29, 1.82) is 0 Å². The molecule has 0 aromatic heterocycles. The Morgan fingerprint density at radius 2 is 1.52 bits per heavy atom. The quantitative estimate of drug-likeness (QED) is 0.124. The van der Waals surface area contributed by atoms with Gasteiger partial charge in [0.25, 0.3) is 10.0 Å². The van der Waals surface area contributed by atoms with Gasteiger partial charge in [-0.05, 0) is 98.3 Å². The van der Waals surface area contributed by atoms with Crippen LogP contribution in [0.3, 0.4) is 0 Å². The number of thioether (sulfide) groups is 1. The molecular formula is C37H42ClN3O5S2. The second kappa shape index (κ2) is 17.4. The molecule has 0 spiro atoms. The molecule has 4 aromatic rings. The molecule has 0 radical (unpaired) electrons. The zero-order valence-electron chi connectivity index (χ0n) is 27.6. The van der Waals surface area contributed by atoms with E-state index in [-0.39, 0.29) is 35.5 Å². The van der Waals surface area contributed by atoms with Crippen molar-refractivity contribution in [2.45, 2.75) is 62.0 Å². The van der Waals surface area contributed by atoms with Crippen LogP contribution in [0.5, 0.6) is 5.75 Å². The molecule has 0 heterocycles. The van der Waals surface area contributed by atoms with Gasteiger partial charge in [0.15, 0.2) is 0 Å². The molecule has 0 bridgehead atoms. The Kier molecular flexibility index (Phi) is 13.4. The van der Waals surface area contributed by atoms with Gasteiger partial charge < -0.3 is 15.0 Å². The average molecular weight is 708 g/mol. The van der Waals surface area contributed by atoms with E-state index >= 15 is 0 Å². The fourth-order valence-corrected chi connectivity index (χ4v) is 7.01. The summed E-state index contributed by atoms with van der Waals surface area (Å²) < 4.78 is 35.3. The molecule has 48 heavy (non-hydrogen) atoms. The van der Waals surface area contributed by atoms with Crippen LogP contribution in [0.1, 0.15) is 38.3 Å². The van der Waals surface area contributed by atoms with Gasteiger partial charge in [0.1, 0.15) is 18.3 Å². The third kappa shape index (κ3) is 9.78. The van der Waals surface area contributed by atoms with E-state index in [0.29, 0.717) is 23.8 Å². The van der Waals surface area contributed by atoms with Crippen molar-refractivity contribution in [3.05, 3.63) is 119 Å². The average Bonchev–Trinajstić information content (AvgIpc) is 3.10. The molecule has 0 saturated carbocycles. The topological polar surface area (TPSA) is 96.0 Å². The van der Waals surface area contributed by atoms with Crippen LogP contribution in [0.2, 0.25) is 5.02 Å². The van der Waals surface area contributed by atoms with E-state index < -0.39 is 28.5 Å². The van der Waals surface area contributed by atoms with Crippen LogP contribution < -0.4 is 14.4 Å². The highest BCUT2D eigenvalue weighted by Gasteiger charge is 2.35. The van der Waals surface area contributed by atoms with E-state index in [1.165, 1.54) is 28.8 Å². The van der Waals surface area contributed by atoms with Gasteiger partial charge in [0.05, 0.1) is 17.2 Å². The smallest absolute Gasteiger partial charge is 0.264 e. The third-order valence-corrected chi connectivity index (χ3v) is 10.7. The maximum absolute atomic E-state index is 14.6. The van der Waals surface area contributed by atoms with Crippen molar-refractivity contribution in [3.63, 3.8) is 0 Å². The summed E-state index contributed by atoms with van der Waals surface area (Å²) in [5, 5.41) is 3.58. The molecule has 0 aliphatic carbocycles. The third-order valence-electron chi connectivity index (χ3n) is 7.90. The van der Waals surface area contributed by atoms with Crippen molar-refractivity contribution in [3.8, 4) is 5.75 Å². The minimum atomic E-state index is -4.22. The molecule has 0 saturated heterocycles. The summed E-state index contributed by atoms with van der Waals surface area (Å²) in [6.45, 7) is 5.70. The Morgan fingerprint density at radius 3 is 2.10 bits per heavy atom. The fourth-order valence-electron chi connectivity index (χ4n) is 5.06. The molecule has 4 rings (SSSR count). The van der Waals surface area contributed by atoms with Gasteiger partial charge in [-0.1, -0.05) is 61.0 Å². The Morgan fingerprint density at radius 1 is 0.875 bits per heavy atom. The lowest BCUT2D eigenvalue weighted by Gasteiger charge is -2.34. The van der Waals surface area contributed by atoms with Crippen LogP contribution >= 0.6 is 23.4 Å². The zero-order chi connectivity index (χ0) is 34.7. The normalized spacial score (nSPS) is 12.5. The SMILES string of the molecule is CCOc1ccc(N(CC(=O)N(Cc2ccc(Cl)cc2)[C@@H](Cc2ccccc2)C(=O)N[C@@H](C)CC)S(=O)(=O)c2ccc(SC)cc2)cc1. The maximum Gasteiger partial charge on any atom is 0.264 e. The summed E-state index contributed by atoms with van der Waals surface area (Å²) in [4.78, 5) is 31.0. The number of nitrogens with zero attached hydrogens (tertiary/aromatic N) is 2. The van der Waals surface area contributed by atoms with Crippen LogP contribution in [0.25, 0.3) is 0 Å².